The Morgan fingerprint density at radius 3 is 2.79 bits per heavy atom. The molecular weight excluding hydrogens is 264 g/mol. The Labute approximate surface area is 116 Å². The van der Waals surface area contributed by atoms with Crippen molar-refractivity contribution in [2.75, 3.05) is 0 Å². The highest BCUT2D eigenvalue weighted by Gasteiger charge is 2.12. The van der Waals surface area contributed by atoms with Gasteiger partial charge in [-0.2, -0.15) is 5.10 Å². The fourth-order valence-electron chi connectivity index (χ4n) is 1.80. The van der Waals surface area contributed by atoms with Crippen LogP contribution in [0.25, 0.3) is 0 Å². The molecule has 0 aliphatic heterocycles. The van der Waals surface area contributed by atoms with Crippen LogP contribution in [-0.4, -0.2) is 15.6 Å². The molecule has 1 aromatic carbocycles. The van der Waals surface area contributed by atoms with Crippen LogP contribution in [0.2, 0.25) is 5.15 Å². The van der Waals surface area contributed by atoms with Crippen LogP contribution in [-0.2, 0) is 13.7 Å². The molecule has 0 radical (unpaired) electrons. The maximum absolute atomic E-state index is 11.3. The summed E-state index contributed by atoms with van der Waals surface area (Å²) in [6, 6.07) is 7.09. The lowest BCUT2D eigenvalue weighted by Gasteiger charge is -2.07. The number of halogens is 1. The van der Waals surface area contributed by atoms with Crippen molar-refractivity contribution in [2.24, 2.45) is 7.05 Å². The van der Waals surface area contributed by atoms with Gasteiger partial charge in [-0.3, -0.25) is 9.48 Å². The summed E-state index contributed by atoms with van der Waals surface area (Å²) < 4.78 is 7.28. The molecule has 5 heteroatoms. The van der Waals surface area contributed by atoms with Gasteiger partial charge in [0.15, 0.2) is 5.78 Å². The fourth-order valence-corrected chi connectivity index (χ4v) is 2.03. The van der Waals surface area contributed by atoms with E-state index >= 15 is 0 Å². The first kappa shape index (κ1) is 13.6. The SMILES string of the molecule is CC(=O)c1cccc(OCc2c(C)nn(C)c2Cl)c1. The molecular formula is C14H15ClN2O2. The van der Waals surface area contributed by atoms with E-state index in [-0.39, 0.29) is 5.78 Å². The van der Waals surface area contributed by atoms with Crippen LogP contribution in [0, 0.1) is 6.92 Å². The first-order valence-electron chi connectivity index (χ1n) is 5.91. The molecule has 2 aromatic rings. The Morgan fingerprint density at radius 2 is 2.21 bits per heavy atom. The van der Waals surface area contributed by atoms with E-state index in [0.717, 1.165) is 11.3 Å². The van der Waals surface area contributed by atoms with Crippen LogP contribution in [0.3, 0.4) is 0 Å². The third-order valence-electron chi connectivity index (χ3n) is 2.89. The van der Waals surface area contributed by atoms with E-state index in [1.807, 2.05) is 13.0 Å². The van der Waals surface area contributed by atoms with Crippen molar-refractivity contribution < 1.29 is 9.53 Å². The van der Waals surface area contributed by atoms with E-state index in [9.17, 15) is 4.79 Å². The number of rotatable bonds is 4. The van der Waals surface area contributed by atoms with E-state index < -0.39 is 0 Å². The number of ether oxygens (including phenoxy) is 1. The number of ketones is 1. The summed E-state index contributed by atoms with van der Waals surface area (Å²) in [7, 11) is 1.79. The molecule has 0 N–H and O–H groups in total. The molecule has 0 aliphatic carbocycles. The van der Waals surface area contributed by atoms with E-state index in [1.165, 1.54) is 6.92 Å². The Bertz CT molecular complexity index is 620. The largest absolute Gasteiger partial charge is 0.489 e. The number of benzene rings is 1. The molecule has 0 unspecified atom stereocenters. The van der Waals surface area contributed by atoms with Gasteiger partial charge in [0, 0.05) is 18.2 Å². The van der Waals surface area contributed by atoms with Crippen molar-refractivity contribution in [1.82, 2.24) is 9.78 Å². The zero-order valence-electron chi connectivity index (χ0n) is 11.1. The zero-order valence-corrected chi connectivity index (χ0v) is 11.9. The van der Waals surface area contributed by atoms with Gasteiger partial charge in [-0.15, -0.1) is 0 Å². The second-order valence-corrected chi connectivity index (χ2v) is 4.71. The maximum Gasteiger partial charge on any atom is 0.159 e. The molecule has 1 aromatic heterocycles. The minimum absolute atomic E-state index is 0.0149. The third-order valence-corrected chi connectivity index (χ3v) is 3.37. The Balaban J connectivity index is 2.14. The molecule has 4 nitrogen and oxygen atoms in total. The van der Waals surface area contributed by atoms with E-state index in [4.69, 9.17) is 16.3 Å². The average Bonchev–Trinajstić information content (AvgIpc) is 2.61. The lowest BCUT2D eigenvalue weighted by atomic mass is 10.1. The molecule has 0 saturated heterocycles. The number of aromatic nitrogens is 2. The van der Waals surface area contributed by atoms with Crippen molar-refractivity contribution in [1.29, 1.82) is 0 Å². The van der Waals surface area contributed by atoms with E-state index in [1.54, 1.807) is 29.9 Å². The Kier molecular flexibility index (Phi) is 3.90. The summed E-state index contributed by atoms with van der Waals surface area (Å²) >= 11 is 6.13. The molecule has 0 atom stereocenters. The van der Waals surface area contributed by atoms with Gasteiger partial charge in [0.1, 0.15) is 17.5 Å². The predicted molar refractivity (Wildman–Crippen MR) is 73.7 cm³/mol. The summed E-state index contributed by atoms with van der Waals surface area (Å²) in [5.74, 6) is 0.660. The summed E-state index contributed by atoms with van der Waals surface area (Å²) in [5.41, 5.74) is 2.33. The smallest absolute Gasteiger partial charge is 0.159 e. The molecule has 0 spiro atoms. The number of carbonyl (C=O) groups is 1. The molecule has 2 rings (SSSR count). The number of aryl methyl sites for hydroxylation is 2. The second-order valence-electron chi connectivity index (χ2n) is 4.35. The molecule has 0 aliphatic rings. The Hall–Kier alpha value is -1.81. The van der Waals surface area contributed by atoms with Crippen molar-refractivity contribution in [3.8, 4) is 5.75 Å². The maximum atomic E-state index is 11.3. The van der Waals surface area contributed by atoms with Gasteiger partial charge in [-0.25, -0.2) is 0 Å². The highest BCUT2D eigenvalue weighted by Crippen LogP contribution is 2.21. The molecule has 19 heavy (non-hydrogen) atoms. The van der Waals surface area contributed by atoms with E-state index in [0.29, 0.717) is 23.1 Å². The summed E-state index contributed by atoms with van der Waals surface area (Å²) in [6.45, 7) is 3.75. The quantitative estimate of drug-likeness (QED) is 0.807. The van der Waals surface area contributed by atoms with Gasteiger partial charge >= 0.3 is 0 Å². The molecule has 0 amide bonds. The van der Waals surface area contributed by atoms with Crippen molar-refractivity contribution >= 4 is 17.4 Å². The van der Waals surface area contributed by atoms with Gasteiger partial charge in [-0.1, -0.05) is 23.7 Å². The van der Waals surface area contributed by atoms with Gasteiger partial charge in [0.25, 0.3) is 0 Å². The standard InChI is InChI=1S/C14H15ClN2O2/c1-9-13(14(15)17(3)16-9)8-19-12-6-4-5-11(7-12)10(2)18/h4-7H,8H2,1-3H3. The second kappa shape index (κ2) is 5.45. The van der Waals surface area contributed by atoms with Crippen LogP contribution in [0.5, 0.6) is 5.75 Å². The van der Waals surface area contributed by atoms with Crippen LogP contribution in [0.15, 0.2) is 24.3 Å². The monoisotopic (exact) mass is 278 g/mol. The molecule has 100 valence electrons. The van der Waals surface area contributed by atoms with Crippen molar-refractivity contribution in [2.45, 2.75) is 20.5 Å². The number of nitrogens with zero attached hydrogens (tertiary/aromatic N) is 2. The highest BCUT2D eigenvalue weighted by atomic mass is 35.5. The first-order chi connectivity index (χ1) is 8.99. The number of carbonyl (C=O) groups excluding carboxylic acids is 1. The van der Waals surface area contributed by atoms with Crippen molar-refractivity contribution in [3.63, 3.8) is 0 Å². The molecule has 0 bridgehead atoms. The van der Waals surface area contributed by atoms with Gasteiger partial charge < -0.3 is 4.74 Å². The van der Waals surface area contributed by atoms with Gasteiger partial charge in [0.05, 0.1) is 5.69 Å². The van der Waals surface area contributed by atoms with Crippen LogP contribution < -0.4 is 4.74 Å². The minimum atomic E-state index is 0.0149. The summed E-state index contributed by atoms with van der Waals surface area (Å²) in [6.07, 6.45) is 0. The number of hydrogen-bond donors (Lipinski definition) is 0. The topological polar surface area (TPSA) is 44.1 Å². The average molecular weight is 279 g/mol. The zero-order chi connectivity index (χ0) is 14.0. The van der Waals surface area contributed by atoms with Crippen LogP contribution in [0.4, 0.5) is 0 Å². The highest BCUT2D eigenvalue weighted by molar-refractivity contribution is 6.30. The first-order valence-corrected chi connectivity index (χ1v) is 6.28. The van der Waals surface area contributed by atoms with Crippen molar-refractivity contribution in [3.05, 3.63) is 46.2 Å². The summed E-state index contributed by atoms with van der Waals surface area (Å²) in [5, 5.41) is 4.79. The number of hydrogen-bond acceptors (Lipinski definition) is 3. The van der Waals surface area contributed by atoms with Crippen LogP contribution >= 0.6 is 11.6 Å². The minimum Gasteiger partial charge on any atom is -0.489 e. The third kappa shape index (κ3) is 2.96. The predicted octanol–water partition coefficient (Wildman–Crippen LogP) is 3.16. The lowest BCUT2D eigenvalue weighted by Crippen LogP contribution is -1.99. The molecule has 0 fully saturated rings. The normalized spacial score (nSPS) is 10.5. The van der Waals surface area contributed by atoms with Crippen LogP contribution in [0.1, 0.15) is 28.5 Å². The molecule has 1 heterocycles. The number of Topliss-reactive ketones (excluding diaryl/α,β-unsaturated/α-hetero) is 1. The van der Waals surface area contributed by atoms with Gasteiger partial charge in [0.2, 0.25) is 0 Å². The molecule has 0 saturated carbocycles. The van der Waals surface area contributed by atoms with E-state index in [2.05, 4.69) is 5.10 Å². The Morgan fingerprint density at radius 1 is 1.47 bits per heavy atom. The van der Waals surface area contributed by atoms with Gasteiger partial charge in [-0.05, 0) is 26.0 Å². The lowest BCUT2D eigenvalue weighted by molar-refractivity contribution is 0.101. The summed E-state index contributed by atoms with van der Waals surface area (Å²) in [4.78, 5) is 11.3. The fraction of sp³-hybridized carbons (Fsp3) is 0.286.